The van der Waals surface area contributed by atoms with Gasteiger partial charge in [-0.05, 0) is 24.2 Å². The monoisotopic (exact) mass is 121 g/mol. The Kier molecular flexibility index (Phi) is 0.870. The molecule has 9 heavy (non-hydrogen) atoms. The van der Waals surface area contributed by atoms with Crippen LogP contribution in [-0.2, 0) is 0 Å². The van der Waals surface area contributed by atoms with Crippen molar-refractivity contribution in [2.45, 2.75) is 26.7 Å². The second kappa shape index (κ2) is 1.42. The average Bonchev–Trinajstić information content (AvgIpc) is 2.39. The lowest BCUT2D eigenvalue weighted by molar-refractivity contribution is 0.540. The second-order valence-electron chi connectivity index (χ2n) is 3.71. The van der Waals surface area contributed by atoms with Crippen molar-refractivity contribution in [1.29, 1.82) is 0 Å². The van der Waals surface area contributed by atoms with Crippen LogP contribution in [0.1, 0.15) is 26.7 Å². The van der Waals surface area contributed by atoms with E-state index in [1.807, 2.05) is 0 Å². The largest absolute Gasteiger partial charge is 0.0879 e. The molecule has 0 spiro atoms. The van der Waals surface area contributed by atoms with Gasteiger partial charge in [-0.1, -0.05) is 26.0 Å². The van der Waals surface area contributed by atoms with Gasteiger partial charge in [0.05, 0.1) is 0 Å². The Balaban J connectivity index is 2.19. The summed E-state index contributed by atoms with van der Waals surface area (Å²) < 4.78 is 0. The summed E-state index contributed by atoms with van der Waals surface area (Å²) in [6.45, 7) is 4.70. The van der Waals surface area contributed by atoms with Gasteiger partial charge in [0.1, 0.15) is 0 Å². The third-order valence-electron chi connectivity index (χ3n) is 2.83. The lowest BCUT2D eigenvalue weighted by Gasteiger charge is -1.98. The van der Waals surface area contributed by atoms with E-state index in [0.29, 0.717) is 5.41 Å². The summed E-state index contributed by atoms with van der Waals surface area (Å²) in [7, 11) is 0. The van der Waals surface area contributed by atoms with Crippen LogP contribution in [0.25, 0.3) is 0 Å². The molecule has 0 bridgehead atoms. The van der Waals surface area contributed by atoms with Gasteiger partial charge in [-0.2, -0.15) is 0 Å². The van der Waals surface area contributed by atoms with E-state index >= 15 is 0 Å². The van der Waals surface area contributed by atoms with E-state index in [1.54, 1.807) is 5.92 Å². The first kappa shape index (κ1) is 5.52. The fourth-order valence-electron chi connectivity index (χ4n) is 2.00. The van der Waals surface area contributed by atoms with E-state index in [9.17, 15) is 0 Å². The van der Waals surface area contributed by atoms with Crippen LogP contribution in [-0.4, -0.2) is 0 Å². The maximum atomic E-state index is 2.35. The molecule has 1 radical (unpaired) electrons. The SMILES string of the molecule is CC1(C)[C]2C=CCCC21. The van der Waals surface area contributed by atoms with Gasteiger partial charge in [0.15, 0.2) is 0 Å². The first-order valence-corrected chi connectivity index (χ1v) is 3.77. The van der Waals surface area contributed by atoms with Crippen molar-refractivity contribution in [1.82, 2.24) is 0 Å². The average molecular weight is 121 g/mol. The van der Waals surface area contributed by atoms with Crippen LogP contribution < -0.4 is 0 Å². The number of hydrogen-bond acceptors (Lipinski definition) is 0. The predicted octanol–water partition coefficient (Wildman–Crippen LogP) is 2.57. The summed E-state index contributed by atoms with van der Waals surface area (Å²) in [6, 6.07) is 0. The summed E-state index contributed by atoms with van der Waals surface area (Å²) in [5, 5.41) is 0. The molecule has 0 aromatic heterocycles. The molecule has 0 aliphatic heterocycles. The zero-order chi connectivity index (χ0) is 6.48. The third-order valence-corrected chi connectivity index (χ3v) is 2.83. The molecule has 1 fully saturated rings. The van der Waals surface area contributed by atoms with Crippen molar-refractivity contribution in [2.75, 3.05) is 0 Å². The maximum absolute atomic E-state index is 2.35. The highest BCUT2D eigenvalue weighted by molar-refractivity contribution is 5.39. The molecule has 0 heteroatoms. The molecule has 0 amide bonds. The first-order chi connectivity index (χ1) is 4.23. The molecule has 2 aliphatic rings. The van der Waals surface area contributed by atoms with Gasteiger partial charge in [-0.3, -0.25) is 0 Å². The van der Waals surface area contributed by atoms with E-state index in [-0.39, 0.29) is 0 Å². The molecule has 0 saturated heterocycles. The highest BCUT2D eigenvalue weighted by Gasteiger charge is 2.56. The molecule has 1 atom stereocenters. The second-order valence-corrected chi connectivity index (χ2v) is 3.71. The molecule has 0 nitrogen and oxygen atoms in total. The van der Waals surface area contributed by atoms with Crippen LogP contribution in [0.5, 0.6) is 0 Å². The number of allylic oxidation sites excluding steroid dienone is 2. The Hall–Kier alpha value is -0.260. The highest BCUT2D eigenvalue weighted by Crippen LogP contribution is 2.64. The van der Waals surface area contributed by atoms with Crippen LogP contribution in [0.2, 0.25) is 0 Å². The van der Waals surface area contributed by atoms with Gasteiger partial charge >= 0.3 is 0 Å². The van der Waals surface area contributed by atoms with E-state index in [0.717, 1.165) is 5.92 Å². The standard InChI is InChI=1S/C9H13/c1-9(2)7-5-3-4-6-8(7)9/h3,5,8H,4,6H2,1-2H3. The summed E-state index contributed by atoms with van der Waals surface area (Å²) in [4.78, 5) is 0. The zero-order valence-electron chi connectivity index (χ0n) is 6.15. The van der Waals surface area contributed by atoms with Crippen LogP contribution in [0, 0.1) is 17.3 Å². The molecule has 0 N–H and O–H groups in total. The van der Waals surface area contributed by atoms with Crippen molar-refractivity contribution in [3.63, 3.8) is 0 Å². The van der Waals surface area contributed by atoms with E-state index in [2.05, 4.69) is 26.0 Å². The smallest absolute Gasteiger partial charge is 0.00685 e. The number of hydrogen-bond donors (Lipinski definition) is 0. The summed E-state index contributed by atoms with van der Waals surface area (Å²) in [5.41, 5.74) is 0.576. The summed E-state index contributed by atoms with van der Waals surface area (Å²) >= 11 is 0. The molecule has 49 valence electrons. The quantitative estimate of drug-likeness (QED) is 0.462. The molecule has 0 heterocycles. The van der Waals surface area contributed by atoms with Gasteiger partial charge in [0.2, 0.25) is 0 Å². The Labute approximate surface area is 57.0 Å². The fourth-order valence-corrected chi connectivity index (χ4v) is 2.00. The minimum absolute atomic E-state index is 0.576. The Morgan fingerprint density at radius 2 is 2.33 bits per heavy atom. The van der Waals surface area contributed by atoms with Gasteiger partial charge in [0.25, 0.3) is 0 Å². The molecule has 1 saturated carbocycles. The number of fused-ring (bicyclic) bond motifs is 1. The van der Waals surface area contributed by atoms with Gasteiger partial charge in [0, 0.05) is 5.92 Å². The first-order valence-electron chi connectivity index (χ1n) is 3.77. The minimum Gasteiger partial charge on any atom is -0.0879 e. The van der Waals surface area contributed by atoms with Gasteiger partial charge in [-0.25, -0.2) is 0 Å². The van der Waals surface area contributed by atoms with Crippen molar-refractivity contribution in [3.8, 4) is 0 Å². The third kappa shape index (κ3) is 0.593. The Morgan fingerprint density at radius 3 is 2.78 bits per heavy atom. The molecular weight excluding hydrogens is 108 g/mol. The van der Waals surface area contributed by atoms with E-state index in [4.69, 9.17) is 0 Å². The van der Waals surface area contributed by atoms with Crippen LogP contribution in [0.3, 0.4) is 0 Å². The normalized spacial score (nSPS) is 38.2. The van der Waals surface area contributed by atoms with Crippen molar-refractivity contribution >= 4 is 0 Å². The molecular formula is C9H13. The Bertz CT molecular complexity index is 153. The van der Waals surface area contributed by atoms with Crippen LogP contribution in [0.15, 0.2) is 12.2 Å². The summed E-state index contributed by atoms with van der Waals surface area (Å²) in [6.07, 6.45) is 7.34. The van der Waals surface area contributed by atoms with Crippen molar-refractivity contribution in [2.24, 2.45) is 11.3 Å². The molecule has 1 unspecified atom stereocenters. The zero-order valence-corrected chi connectivity index (χ0v) is 6.15. The molecule has 2 rings (SSSR count). The maximum Gasteiger partial charge on any atom is 0.00685 e. The lowest BCUT2D eigenvalue weighted by Crippen LogP contribution is -1.88. The van der Waals surface area contributed by atoms with E-state index < -0.39 is 0 Å². The molecule has 0 aromatic rings. The lowest BCUT2D eigenvalue weighted by atomic mass is 10.1. The van der Waals surface area contributed by atoms with E-state index in [1.165, 1.54) is 12.8 Å². The predicted molar refractivity (Wildman–Crippen MR) is 38.9 cm³/mol. The summed E-state index contributed by atoms with van der Waals surface area (Å²) in [5.74, 6) is 2.64. The van der Waals surface area contributed by atoms with Crippen molar-refractivity contribution < 1.29 is 0 Å². The van der Waals surface area contributed by atoms with Crippen LogP contribution in [0.4, 0.5) is 0 Å². The van der Waals surface area contributed by atoms with Crippen LogP contribution >= 0.6 is 0 Å². The highest BCUT2D eigenvalue weighted by atomic mass is 14.6. The fraction of sp³-hybridized carbons (Fsp3) is 0.667. The minimum atomic E-state index is 0.576. The molecule has 0 aromatic carbocycles. The van der Waals surface area contributed by atoms with Crippen molar-refractivity contribution in [3.05, 3.63) is 18.1 Å². The topological polar surface area (TPSA) is 0 Å². The van der Waals surface area contributed by atoms with Gasteiger partial charge < -0.3 is 0 Å². The Morgan fingerprint density at radius 1 is 1.56 bits per heavy atom. The molecule has 2 aliphatic carbocycles. The van der Waals surface area contributed by atoms with Gasteiger partial charge in [-0.15, -0.1) is 0 Å². The number of rotatable bonds is 0.